The van der Waals surface area contributed by atoms with Gasteiger partial charge in [0, 0.05) is 11.4 Å². The number of benzene rings is 2. The van der Waals surface area contributed by atoms with E-state index < -0.39 is 28.5 Å². The summed E-state index contributed by atoms with van der Waals surface area (Å²) in [6.07, 6.45) is 0. The van der Waals surface area contributed by atoms with Crippen molar-refractivity contribution in [2.45, 2.75) is 11.1 Å². The summed E-state index contributed by atoms with van der Waals surface area (Å²) < 4.78 is 38.3. The Balaban J connectivity index is 1.51. The molecular formula is C21H19BrN2O6S2. The Kier molecular flexibility index (Phi) is 7.89. The molecule has 0 aliphatic rings. The third-order valence-electron chi connectivity index (χ3n) is 3.97. The molecule has 0 saturated carbocycles. The summed E-state index contributed by atoms with van der Waals surface area (Å²) in [6, 6.07) is 15.6. The highest BCUT2D eigenvalue weighted by Gasteiger charge is 2.17. The fourth-order valence-corrected chi connectivity index (χ4v) is 5.60. The van der Waals surface area contributed by atoms with Crippen LogP contribution in [-0.4, -0.2) is 33.5 Å². The standard InChI is InChI=1S/C21H19BrN2O6S2/c1-2-29-17-9-7-15(8-10-17)23-19(25)13-30-21(26)14-3-5-16(6-4-14)24-32(27,28)20-12-11-18(22)31-20/h3-12,24H,2,13H2,1H3,(H,23,25). The summed E-state index contributed by atoms with van der Waals surface area (Å²) in [7, 11) is -3.72. The number of thiophene rings is 1. The van der Waals surface area contributed by atoms with Gasteiger partial charge in [0.1, 0.15) is 9.96 Å². The zero-order chi connectivity index (χ0) is 23.1. The third kappa shape index (κ3) is 6.55. The number of amides is 1. The van der Waals surface area contributed by atoms with Crippen molar-refractivity contribution in [1.29, 1.82) is 0 Å². The number of anilines is 2. The van der Waals surface area contributed by atoms with Crippen LogP contribution in [0.25, 0.3) is 0 Å². The number of ether oxygens (including phenoxy) is 2. The van der Waals surface area contributed by atoms with E-state index in [0.29, 0.717) is 27.5 Å². The number of nitrogens with one attached hydrogen (secondary N) is 2. The smallest absolute Gasteiger partial charge is 0.338 e. The molecule has 0 spiro atoms. The average molecular weight is 539 g/mol. The molecule has 0 saturated heterocycles. The van der Waals surface area contributed by atoms with E-state index in [9.17, 15) is 18.0 Å². The Morgan fingerprint density at radius 3 is 2.22 bits per heavy atom. The molecule has 0 radical (unpaired) electrons. The highest BCUT2D eigenvalue weighted by Crippen LogP contribution is 2.27. The number of rotatable bonds is 9. The van der Waals surface area contributed by atoms with Crippen LogP contribution in [0.5, 0.6) is 5.75 Å². The van der Waals surface area contributed by atoms with Crippen LogP contribution in [0, 0.1) is 0 Å². The van der Waals surface area contributed by atoms with Crippen molar-refractivity contribution < 1.29 is 27.5 Å². The summed E-state index contributed by atoms with van der Waals surface area (Å²) in [4.78, 5) is 24.2. The van der Waals surface area contributed by atoms with Crippen molar-refractivity contribution >= 4 is 60.5 Å². The Hall–Kier alpha value is -2.89. The lowest BCUT2D eigenvalue weighted by Gasteiger charge is -2.09. The van der Waals surface area contributed by atoms with Crippen molar-refractivity contribution in [3.8, 4) is 5.75 Å². The first-order valence-electron chi connectivity index (χ1n) is 9.35. The Labute approximate surface area is 197 Å². The van der Waals surface area contributed by atoms with E-state index in [2.05, 4.69) is 26.0 Å². The molecule has 2 N–H and O–H groups in total. The molecule has 32 heavy (non-hydrogen) atoms. The van der Waals surface area contributed by atoms with E-state index in [-0.39, 0.29) is 9.77 Å². The predicted molar refractivity (Wildman–Crippen MR) is 126 cm³/mol. The van der Waals surface area contributed by atoms with Gasteiger partial charge in [-0.2, -0.15) is 0 Å². The number of hydrogen-bond donors (Lipinski definition) is 2. The molecule has 3 aromatic rings. The maximum Gasteiger partial charge on any atom is 0.338 e. The number of sulfonamides is 1. The first-order chi connectivity index (χ1) is 15.3. The van der Waals surface area contributed by atoms with Gasteiger partial charge in [0.15, 0.2) is 6.61 Å². The van der Waals surface area contributed by atoms with Crippen LogP contribution in [0.4, 0.5) is 11.4 Å². The number of halogens is 1. The molecule has 8 nitrogen and oxygen atoms in total. The summed E-state index contributed by atoms with van der Waals surface area (Å²) >= 11 is 4.31. The van der Waals surface area contributed by atoms with Crippen LogP contribution in [0.1, 0.15) is 17.3 Å². The van der Waals surface area contributed by atoms with E-state index in [1.165, 1.54) is 30.3 Å². The van der Waals surface area contributed by atoms with Crippen molar-refractivity contribution in [2.75, 3.05) is 23.3 Å². The highest BCUT2D eigenvalue weighted by atomic mass is 79.9. The SMILES string of the molecule is CCOc1ccc(NC(=O)COC(=O)c2ccc(NS(=O)(=O)c3ccc(Br)s3)cc2)cc1. The van der Waals surface area contributed by atoms with E-state index in [1.807, 2.05) is 6.92 Å². The number of esters is 1. The van der Waals surface area contributed by atoms with Crippen LogP contribution in [-0.2, 0) is 19.6 Å². The minimum Gasteiger partial charge on any atom is -0.494 e. The zero-order valence-electron chi connectivity index (χ0n) is 16.8. The maximum absolute atomic E-state index is 12.3. The Morgan fingerprint density at radius 1 is 0.969 bits per heavy atom. The number of carbonyl (C=O) groups excluding carboxylic acids is 2. The topological polar surface area (TPSA) is 111 Å². The van der Waals surface area contributed by atoms with Gasteiger partial charge in [-0.1, -0.05) is 0 Å². The van der Waals surface area contributed by atoms with Gasteiger partial charge in [0.2, 0.25) is 0 Å². The van der Waals surface area contributed by atoms with Crippen LogP contribution in [0.15, 0.2) is 68.7 Å². The van der Waals surface area contributed by atoms with Gasteiger partial charge in [-0.25, -0.2) is 13.2 Å². The van der Waals surface area contributed by atoms with Crippen molar-refractivity contribution in [3.05, 3.63) is 70.0 Å². The molecule has 3 rings (SSSR count). The van der Waals surface area contributed by atoms with Gasteiger partial charge in [-0.3, -0.25) is 9.52 Å². The normalized spacial score (nSPS) is 10.9. The third-order valence-corrected chi connectivity index (χ3v) is 7.47. The first kappa shape index (κ1) is 23.8. The maximum atomic E-state index is 12.3. The van der Waals surface area contributed by atoms with E-state index in [4.69, 9.17) is 9.47 Å². The number of carbonyl (C=O) groups is 2. The molecule has 0 aliphatic carbocycles. The minimum absolute atomic E-state index is 0.159. The second-order valence-electron chi connectivity index (χ2n) is 6.32. The second kappa shape index (κ2) is 10.6. The van der Waals surface area contributed by atoms with Gasteiger partial charge in [0.25, 0.3) is 15.9 Å². The summed E-state index contributed by atoms with van der Waals surface area (Å²) in [5.74, 6) is -0.511. The van der Waals surface area contributed by atoms with Crippen LogP contribution in [0.3, 0.4) is 0 Å². The van der Waals surface area contributed by atoms with Crippen molar-refractivity contribution in [3.63, 3.8) is 0 Å². The van der Waals surface area contributed by atoms with Crippen molar-refractivity contribution in [1.82, 2.24) is 0 Å². The molecule has 0 unspecified atom stereocenters. The largest absolute Gasteiger partial charge is 0.494 e. The average Bonchev–Trinajstić information content (AvgIpc) is 3.21. The molecule has 1 amide bonds. The molecule has 2 aromatic carbocycles. The fourth-order valence-electron chi connectivity index (χ4n) is 2.53. The Bertz CT molecular complexity index is 1190. The lowest BCUT2D eigenvalue weighted by molar-refractivity contribution is -0.119. The van der Waals surface area contributed by atoms with E-state index in [1.54, 1.807) is 30.3 Å². The molecule has 0 atom stereocenters. The van der Waals surface area contributed by atoms with Crippen LogP contribution >= 0.6 is 27.3 Å². The summed E-state index contributed by atoms with van der Waals surface area (Å²) in [6.45, 7) is 1.95. The van der Waals surface area contributed by atoms with E-state index >= 15 is 0 Å². The van der Waals surface area contributed by atoms with Crippen LogP contribution < -0.4 is 14.8 Å². The summed E-state index contributed by atoms with van der Waals surface area (Å²) in [5.41, 5.74) is 1.02. The molecule has 1 heterocycles. The van der Waals surface area contributed by atoms with Crippen molar-refractivity contribution in [2.24, 2.45) is 0 Å². The van der Waals surface area contributed by atoms with Gasteiger partial charge in [-0.15, -0.1) is 11.3 Å². The molecule has 0 fully saturated rings. The molecule has 0 bridgehead atoms. The quantitative estimate of drug-likeness (QED) is 0.388. The second-order valence-corrected chi connectivity index (χ2v) is 10.7. The van der Waals surface area contributed by atoms with Gasteiger partial charge >= 0.3 is 5.97 Å². The molecular weight excluding hydrogens is 520 g/mol. The van der Waals surface area contributed by atoms with Gasteiger partial charge < -0.3 is 14.8 Å². The lowest BCUT2D eigenvalue weighted by Crippen LogP contribution is -2.21. The molecule has 1 aromatic heterocycles. The van der Waals surface area contributed by atoms with Crippen LogP contribution in [0.2, 0.25) is 0 Å². The van der Waals surface area contributed by atoms with Gasteiger partial charge in [-0.05, 0) is 83.5 Å². The molecule has 168 valence electrons. The minimum atomic E-state index is -3.72. The monoisotopic (exact) mass is 538 g/mol. The zero-order valence-corrected chi connectivity index (χ0v) is 20.1. The number of hydrogen-bond acceptors (Lipinski definition) is 7. The lowest BCUT2D eigenvalue weighted by atomic mass is 10.2. The summed E-state index contributed by atoms with van der Waals surface area (Å²) in [5, 5.41) is 2.62. The predicted octanol–water partition coefficient (Wildman–Crippen LogP) is 4.51. The van der Waals surface area contributed by atoms with Gasteiger partial charge in [0.05, 0.1) is 16.0 Å². The molecule has 11 heteroatoms. The first-order valence-corrected chi connectivity index (χ1v) is 12.4. The highest BCUT2D eigenvalue weighted by molar-refractivity contribution is 9.11. The molecule has 0 aliphatic heterocycles. The Morgan fingerprint density at radius 2 is 1.62 bits per heavy atom. The van der Waals surface area contributed by atoms with E-state index in [0.717, 1.165) is 11.3 Å². The fraction of sp³-hybridized carbons (Fsp3) is 0.143.